The molecule has 1 amide bonds. The van der Waals surface area contributed by atoms with Gasteiger partial charge >= 0.3 is 0 Å². The predicted molar refractivity (Wildman–Crippen MR) is 133 cm³/mol. The van der Waals surface area contributed by atoms with E-state index in [1.165, 1.54) is 41.1 Å². The summed E-state index contributed by atoms with van der Waals surface area (Å²) in [5.74, 6) is -0.107. The molecule has 0 bridgehead atoms. The van der Waals surface area contributed by atoms with Gasteiger partial charge in [0, 0.05) is 29.1 Å². The molecular weight excluding hydrogens is 492 g/mol. The van der Waals surface area contributed by atoms with Crippen molar-refractivity contribution in [2.75, 3.05) is 6.54 Å². The van der Waals surface area contributed by atoms with Crippen LogP contribution in [-0.4, -0.2) is 41.8 Å². The second kappa shape index (κ2) is 10.3. The number of carbonyl (C=O) groups excluding carboxylic acids is 1. The predicted octanol–water partition coefficient (Wildman–Crippen LogP) is 4.23. The van der Waals surface area contributed by atoms with Crippen molar-refractivity contribution in [2.45, 2.75) is 44.7 Å². The van der Waals surface area contributed by atoms with Crippen LogP contribution in [0.1, 0.15) is 30.2 Å². The summed E-state index contributed by atoms with van der Waals surface area (Å²) in [6, 6.07) is 5.31. The fourth-order valence-electron chi connectivity index (χ4n) is 3.66. The zero-order chi connectivity index (χ0) is 24.3. The number of hydrogen-bond donors (Lipinski definition) is 1. The molecule has 0 radical (unpaired) electrons. The van der Waals surface area contributed by atoms with E-state index in [1.807, 2.05) is 31.5 Å². The molecule has 0 aliphatic heterocycles. The molecule has 1 atom stereocenters. The van der Waals surface area contributed by atoms with Crippen molar-refractivity contribution >= 4 is 49.6 Å². The first-order valence-electron chi connectivity index (χ1n) is 10.8. The van der Waals surface area contributed by atoms with Gasteiger partial charge in [-0.1, -0.05) is 13.8 Å². The van der Waals surface area contributed by atoms with E-state index in [1.54, 1.807) is 22.5 Å². The number of furan rings is 1. The van der Waals surface area contributed by atoms with Crippen molar-refractivity contribution in [2.24, 2.45) is 5.92 Å². The second-order valence-electron chi connectivity index (χ2n) is 8.45. The largest absolute Gasteiger partial charge is 0.464 e. The van der Waals surface area contributed by atoms with Crippen LogP contribution in [0.3, 0.4) is 0 Å². The van der Waals surface area contributed by atoms with E-state index in [0.29, 0.717) is 29.8 Å². The van der Waals surface area contributed by atoms with Crippen LogP contribution in [0.2, 0.25) is 0 Å². The Balaban J connectivity index is 1.63. The number of sulfonamides is 1. The highest BCUT2D eigenvalue weighted by atomic mass is 32.2. The van der Waals surface area contributed by atoms with Gasteiger partial charge in [0.25, 0.3) is 0 Å². The van der Waals surface area contributed by atoms with Crippen molar-refractivity contribution in [3.05, 3.63) is 63.2 Å². The van der Waals surface area contributed by atoms with Crippen LogP contribution in [-0.2, 0) is 27.8 Å². The highest BCUT2D eigenvalue weighted by Crippen LogP contribution is 2.21. The molecule has 3 aromatic heterocycles. The quantitative estimate of drug-likeness (QED) is 0.337. The smallest absolute Gasteiger partial charge is 0.241 e. The molecule has 0 saturated heterocycles. The standard InChI is InChI=1S/C23H26N4O4S3/c1-15(2)10-27(11-19-13-33-16(3)25-19)23(28)21(9-18-12-32-14-24-18)26-34(29,30)20-4-5-22-17(8-20)6-7-31-22/h4-8,12-15,21,26H,9-11H2,1-3H3. The van der Waals surface area contributed by atoms with Crippen molar-refractivity contribution in [3.63, 3.8) is 0 Å². The maximum absolute atomic E-state index is 13.7. The number of fused-ring (bicyclic) bond motifs is 1. The van der Waals surface area contributed by atoms with E-state index >= 15 is 0 Å². The Morgan fingerprint density at radius 3 is 2.71 bits per heavy atom. The number of aromatic nitrogens is 2. The molecule has 0 aliphatic carbocycles. The van der Waals surface area contributed by atoms with Gasteiger partial charge in [0.05, 0.1) is 39.6 Å². The van der Waals surface area contributed by atoms with E-state index in [4.69, 9.17) is 4.42 Å². The Morgan fingerprint density at radius 2 is 2.03 bits per heavy atom. The molecule has 34 heavy (non-hydrogen) atoms. The third-order valence-electron chi connectivity index (χ3n) is 5.14. The lowest BCUT2D eigenvalue weighted by molar-refractivity contribution is -0.134. The van der Waals surface area contributed by atoms with Crippen LogP contribution in [0.15, 0.2) is 56.1 Å². The summed E-state index contributed by atoms with van der Waals surface area (Å²) in [5, 5.41) is 5.34. The topological polar surface area (TPSA) is 105 Å². The minimum absolute atomic E-state index is 0.0722. The van der Waals surface area contributed by atoms with Crippen LogP contribution in [0.4, 0.5) is 0 Å². The number of rotatable bonds is 10. The van der Waals surface area contributed by atoms with Gasteiger partial charge in [-0.2, -0.15) is 4.72 Å². The fraction of sp³-hybridized carbons (Fsp3) is 0.348. The van der Waals surface area contributed by atoms with Gasteiger partial charge in [-0.15, -0.1) is 22.7 Å². The molecule has 4 aromatic rings. The van der Waals surface area contributed by atoms with E-state index in [2.05, 4.69) is 14.7 Å². The SMILES string of the molecule is Cc1nc(CN(CC(C)C)C(=O)C(Cc2cscn2)NS(=O)(=O)c2ccc3occc3c2)cs1. The van der Waals surface area contributed by atoms with Gasteiger partial charge in [-0.25, -0.2) is 18.4 Å². The molecule has 1 aromatic carbocycles. The number of hydrogen-bond acceptors (Lipinski definition) is 8. The average Bonchev–Trinajstić information content (AvgIpc) is 3.53. The van der Waals surface area contributed by atoms with Gasteiger partial charge in [0.1, 0.15) is 11.6 Å². The number of amides is 1. The number of carbonyl (C=O) groups is 1. The Morgan fingerprint density at radius 1 is 1.21 bits per heavy atom. The Hall–Kier alpha value is -2.60. The molecule has 0 saturated carbocycles. The number of nitrogens with one attached hydrogen (secondary N) is 1. The first-order valence-corrected chi connectivity index (χ1v) is 14.1. The molecule has 0 spiro atoms. The van der Waals surface area contributed by atoms with E-state index < -0.39 is 16.1 Å². The molecule has 1 N–H and O–H groups in total. The van der Waals surface area contributed by atoms with Gasteiger partial charge in [-0.3, -0.25) is 4.79 Å². The molecular formula is C23H26N4O4S3. The molecule has 180 valence electrons. The van der Waals surface area contributed by atoms with Crippen molar-refractivity contribution in [1.82, 2.24) is 19.6 Å². The van der Waals surface area contributed by atoms with Gasteiger partial charge in [0.15, 0.2) is 0 Å². The number of thiazole rings is 2. The van der Waals surface area contributed by atoms with Crippen molar-refractivity contribution in [3.8, 4) is 0 Å². The summed E-state index contributed by atoms with van der Waals surface area (Å²) in [5.41, 5.74) is 3.71. The summed E-state index contributed by atoms with van der Waals surface area (Å²) < 4.78 is 34.6. The first-order chi connectivity index (χ1) is 16.2. The number of aryl methyl sites for hydroxylation is 1. The summed E-state index contributed by atoms with van der Waals surface area (Å²) in [6.07, 6.45) is 1.66. The van der Waals surface area contributed by atoms with Crippen LogP contribution in [0.5, 0.6) is 0 Å². The second-order valence-corrected chi connectivity index (χ2v) is 11.9. The minimum Gasteiger partial charge on any atom is -0.464 e. The summed E-state index contributed by atoms with van der Waals surface area (Å²) >= 11 is 2.92. The summed E-state index contributed by atoms with van der Waals surface area (Å²) in [7, 11) is -3.98. The lowest BCUT2D eigenvalue weighted by Crippen LogP contribution is -2.50. The number of nitrogens with zero attached hydrogens (tertiary/aromatic N) is 3. The zero-order valence-corrected chi connectivity index (χ0v) is 21.5. The highest BCUT2D eigenvalue weighted by molar-refractivity contribution is 7.89. The summed E-state index contributed by atoms with van der Waals surface area (Å²) in [4.78, 5) is 24.2. The lowest BCUT2D eigenvalue weighted by Gasteiger charge is -2.28. The monoisotopic (exact) mass is 518 g/mol. The number of benzene rings is 1. The van der Waals surface area contributed by atoms with Gasteiger partial charge < -0.3 is 9.32 Å². The van der Waals surface area contributed by atoms with E-state index in [0.717, 1.165) is 10.7 Å². The van der Waals surface area contributed by atoms with E-state index in [-0.39, 0.29) is 23.1 Å². The minimum atomic E-state index is -3.98. The van der Waals surface area contributed by atoms with Crippen LogP contribution in [0.25, 0.3) is 11.0 Å². The average molecular weight is 519 g/mol. The lowest BCUT2D eigenvalue weighted by atomic mass is 10.1. The summed E-state index contributed by atoms with van der Waals surface area (Å²) in [6.45, 7) is 6.75. The molecule has 11 heteroatoms. The molecule has 0 fully saturated rings. The third kappa shape index (κ3) is 5.90. The highest BCUT2D eigenvalue weighted by Gasteiger charge is 2.31. The van der Waals surface area contributed by atoms with Crippen molar-refractivity contribution < 1.29 is 17.6 Å². The molecule has 8 nitrogen and oxygen atoms in total. The Bertz CT molecular complexity index is 1360. The molecule has 1 unspecified atom stereocenters. The van der Waals surface area contributed by atoms with E-state index in [9.17, 15) is 13.2 Å². The maximum atomic E-state index is 13.7. The van der Waals surface area contributed by atoms with Crippen LogP contribution in [0, 0.1) is 12.8 Å². The van der Waals surface area contributed by atoms with Crippen molar-refractivity contribution in [1.29, 1.82) is 0 Å². The van der Waals surface area contributed by atoms with Gasteiger partial charge in [-0.05, 0) is 37.1 Å². The Kier molecular flexibility index (Phi) is 7.46. The zero-order valence-electron chi connectivity index (χ0n) is 19.1. The maximum Gasteiger partial charge on any atom is 0.241 e. The third-order valence-corrected chi connectivity index (χ3v) is 8.07. The van der Waals surface area contributed by atoms with Crippen LogP contribution < -0.4 is 4.72 Å². The fourth-order valence-corrected chi connectivity index (χ4v) is 6.06. The first kappa shape index (κ1) is 24.5. The molecule has 0 aliphatic rings. The Labute approximate surface area is 206 Å². The normalized spacial score (nSPS) is 12.9. The molecule has 4 rings (SSSR count). The van der Waals surface area contributed by atoms with Crippen LogP contribution >= 0.6 is 22.7 Å². The van der Waals surface area contributed by atoms with Gasteiger partial charge in [0.2, 0.25) is 15.9 Å². The molecule has 3 heterocycles.